The molecule has 14 heavy (non-hydrogen) atoms. The molecule has 0 aliphatic carbocycles. The van der Waals surface area contributed by atoms with Crippen molar-refractivity contribution in [2.75, 3.05) is 25.9 Å². The molecule has 6 nitrogen and oxygen atoms in total. The molecule has 0 saturated carbocycles. The van der Waals surface area contributed by atoms with E-state index in [-0.39, 0.29) is 6.42 Å². The molecule has 0 radical (unpaired) electrons. The molecule has 3 N–H and O–H groups in total. The van der Waals surface area contributed by atoms with Crippen LogP contribution in [0.1, 0.15) is 12.8 Å². The summed E-state index contributed by atoms with van der Waals surface area (Å²) in [4.78, 5) is 10.1. The second kappa shape index (κ2) is 6.74. The number of carbonyl (C=O) groups is 1. The molecular weight excluding hydrogens is 208 g/mol. The monoisotopic (exact) mass is 224 g/mol. The van der Waals surface area contributed by atoms with E-state index in [0.29, 0.717) is 26.1 Å². The molecule has 0 aromatic heterocycles. The molecule has 7 heteroatoms. The van der Waals surface area contributed by atoms with Crippen LogP contribution in [0.3, 0.4) is 0 Å². The first kappa shape index (κ1) is 13.3. The fraction of sp³-hybridized carbons (Fsp3) is 0.857. The Bertz CT molecular complexity index is 263. The van der Waals surface area contributed by atoms with Gasteiger partial charge in [-0.3, -0.25) is 4.79 Å². The van der Waals surface area contributed by atoms with Gasteiger partial charge < -0.3 is 10.4 Å². The van der Waals surface area contributed by atoms with Gasteiger partial charge in [-0.05, 0) is 13.0 Å². The van der Waals surface area contributed by atoms with Gasteiger partial charge in [0, 0.05) is 13.1 Å². The highest BCUT2D eigenvalue weighted by Gasteiger charge is 1.98. The summed E-state index contributed by atoms with van der Waals surface area (Å²) in [6, 6.07) is 0. The minimum Gasteiger partial charge on any atom is -0.481 e. The molecule has 0 bridgehead atoms. The second-order valence-electron chi connectivity index (χ2n) is 2.91. The maximum absolute atomic E-state index is 10.6. The summed E-state index contributed by atoms with van der Waals surface area (Å²) in [6.07, 6.45) is 1.83. The smallest absolute Gasteiger partial charge is 0.304 e. The minimum absolute atomic E-state index is 0.0828. The van der Waals surface area contributed by atoms with Crippen LogP contribution in [-0.2, 0) is 14.8 Å². The quantitative estimate of drug-likeness (QED) is 0.459. The van der Waals surface area contributed by atoms with Gasteiger partial charge in [0.2, 0.25) is 10.0 Å². The number of carboxylic acid groups (broad SMARTS) is 1. The number of carboxylic acids is 1. The Morgan fingerprint density at radius 1 is 1.29 bits per heavy atom. The van der Waals surface area contributed by atoms with Crippen molar-refractivity contribution in [2.24, 2.45) is 0 Å². The Labute approximate surface area is 83.7 Å². The van der Waals surface area contributed by atoms with Crippen LogP contribution < -0.4 is 10.0 Å². The fourth-order valence-corrected chi connectivity index (χ4v) is 1.31. The van der Waals surface area contributed by atoms with Crippen molar-refractivity contribution in [3.8, 4) is 0 Å². The molecular formula is C7H16N2O4S. The van der Waals surface area contributed by atoms with Gasteiger partial charge in [0.25, 0.3) is 0 Å². The fourth-order valence-electron chi connectivity index (χ4n) is 0.791. The Morgan fingerprint density at radius 3 is 2.43 bits per heavy atom. The van der Waals surface area contributed by atoms with Crippen LogP contribution >= 0.6 is 0 Å². The van der Waals surface area contributed by atoms with E-state index in [0.717, 1.165) is 6.26 Å². The number of aliphatic carboxylic acids is 1. The van der Waals surface area contributed by atoms with E-state index in [4.69, 9.17) is 5.11 Å². The summed E-state index contributed by atoms with van der Waals surface area (Å²) in [6.45, 7) is 1.39. The normalized spacial score (nSPS) is 11.5. The van der Waals surface area contributed by atoms with E-state index in [2.05, 4.69) is 10.0 Å². The molecule has 0 atom stereocenters. The predicted molar refractivity (Wildman–Crippen MR) is 52.6 cm³/mol. The maximum Gasteiger partial charge on any atom is 0.304 e. The Balaban J connectivity index is 3.19. The number of sulfonamides is 1. The molecule has 0 aliphatic rings. The van der Waals surface area contributed by atoms with E-state index in [1.54, 1.807) is 0 Å². The lowest BCUT2D eigenvalue weighted by Gasteiger charge is -2.03. The average Bonchev–Trinajstić information content (AvgIpc) is 2.00. The molecule has 0 amide bonds. The predicted octanol–water partition coefficient (Wildman–Crippen LogP) is -1.01. The van der Waals surface area contributed by atoms with Crippen LogP contribution in [0.25, 0.3) is 0 Å². The third-order valence-electron chi connectivity index (χ3n) is 1.41. The minimum atomic E-state index is -3.10. The van der Waals surface area contributed by atoms with Gasteiger partial charge in [0.05, 0.1) is 12.7 Å². The van der Waals surface area contributed by atoms with E-state index < -0.39 is 16.0 Å². The second-order valence-corrected chi connectivity index (χ2v) is 4.75. The first-order chi connectivity index (χ1) is 6.42. The Morgan fingerprint density at radius 2 is 1.93 bits per heavy atom. The first-order valence-electron chi connectivity index (χ1n) is 4.29. The third-order valence-corrected chi connectivity index (χ3v) is 2.14. The number of hydrogen-bond acceptors (Lipinski definition) is 4. The summed E-state index contributed by atoms with van der Waals surface area (Å²) < 4.78 is 23.5. The van der Waals surface area contributed by atoms with E-state index in [1.807, 2.05) is 0 Å². The van der Waals surface area contributed by atoms with Crippen molar-refractivity contribution >= 4 is 16.0 Å². The molecule has 0 aromatic rings. The summed E-state index contributed by atoms with van der Waals surface area (Å²) in [5.74, 6) is -0.841. The van der Waals surface area contributed by atoms with Crippen LogP contribution in [0.15, 0.2) is 0 Å². The van der Waals surface area contributed by atoms with Crippen molar-refractivity contribution in [3.05, 3.63) is 0 Å². The van der Waals surface area contributed by atoms with Crippen molar-refractivity contribution in [3.63, 3.8) is 0 Å². The van der Waals surface area contributed by atoms with Gasteiger partial charge in [-0.1, -0.05) is 0 Å². The number of hydrogen-bond donors (Lipinski definition) is 3. The summed E-state index contributed by atoms with van der Waals surface area (Å²) >= 11 is 0. The maximum atomic E-state index is 10.6. The largest absolute Gasteiger partial charge is 0.481 e. The lowest BCUT2D eigenvalue weighted by molar-refractivity contribution is -0.136. The van der Waals surface area contributed by atoms with Crippen molar-refractivity contribution in [2.45, 2.75) is 12.8 Å². The van der Waals surface area contributed by atoms with Gasteiger partial charge in [-0.15, -0.1) is 0 Å². The van der Waals surface area contributed by atoms with Crippen molar-refractivity contribution in [1.82, 2.24) is 10.0 Å². The Hall–Kier alpha value is -0.660. The standard InChI is InChI=1S/C7H16N2O4S/c1-14(12,13)9-5-2-4-8-6-3-7(10)11/h8-9H,2-6H2,1H3,(H,10,11). The molecule has 0 aliphatic heterocycles. The zero-order valence-electron chi connectivity index (χ0n) is 8.12. The molecule has 0 aromatic carbocycles. The SMILES string of the molecule is CS(=O)(=O)NCCCNCCC(=O)O. The molecule has 0 saturated heterocycles. The lowest BCUT2D eigenvalue weighted by atomic mass is 10.4. The van der Waals surface area contributed by atoms with Gasteiger partial charge in [-0.2, -0.15) is 0 Å². The molecule has 0 rings (SSSR count). The molecule has 0 unspecified atom stereocenters. The topological polar surface area (TPSA) is 95.5 Å². The summed E-state index contributed by atoms with van der Waals surface area (Å²) in [5.41, 5.74) is 0. The van der Waals surface area contributed by atoms with Gasteiger partial charge >= 0.3 is 5.97 Å². The molecule has 84 valence electrons. The number of nitrogens with one attached hydrogen (secondary N) is 2. The van der Waals surface area contributed by atoms with Gasteiger partial charge in [-0.25, -0.2) is 13.1 Å². The third kappa shape index (κ3) is 11.3. The highest BCUT2D eigenvalue weighted by Crippen LogP contribution is 1.79. The van der Waals surface area contributed by atoms with Crippen LogP contribution in [0, 0.1) is 0 Å². The van der Waals surface area contributed by atoms with Gasteiger partial charge in [0.15, 0.2) is 0 Å². The van der Waals surface area contributed by atoms with E-state index in [1.165, 1.54) is 0 Å². The number of rotatable bonds is 8. The zero-order chi connectivity index (χ0) is 11.0. The Kier molecular flexibility index (Phi) is 6.43. The molecule has 0 spiro atoms. The van der Waals surface area contributed by atoms with Crippen LogP contribution in [0.2, 0.25) is 0 Å². The average molecular weight is 224 g/mol. The first-order valence-corrected chi connectivity index (χ1v) is 6.18. The van der Waals surface area contributed by atoms with Crippen LogP contribution in [0.4, 0.5) is 0 Å². The van der Waals surface area contributed by atoms with Crippen LogP contribution in [0.5, 0.6) is 0 Å². The molecule has 0 heterocycles. The highest BCUT2D eigenvalue weighted by molar-refractivity contribution is 7.88. The van der Waals surface area contributed by atoms with Crippen molar-refractivity contribution < 1.29 is 18.3 Å². The van der Waals surface area contributed by atoms with Gasteiger partial charge in [0.1, 0.15) is 0 Å². The van der Waals surface area contributed by atoms with Crippen molar-refractivity contribution in [1.29, 1.82) is 0 Å². The lowest BCUT2D eigenvalue weighted by Crippen LogP contribution is -2.27. The van der Waals surface area contributed by atoms with E-state index >= 15 is 0 Å². The summed E-state index contributed by atoms with van der Waals surface area (Å²) in [7, 11) is -3.10. The van der Waals surface area contributed by atoms with E-state index in [9.17, 15) is 13.2 Å². The van der Waals surface area contributed by atoms with Crippen LogP contribution in [-0.4, -0.2) is 45.4 Å². The zero-order valence-corrected chi connectivity index (χ0v) is 8.93. The molecule has 0 fully saturated rings. The summed E-state index contributed by atoms with van der Waals surface area (Å²) in [5, 5.41) is 11.2. The highest BCUT2D eigenvalue weighted by atomic mass is 32.2.